The van der Waals surface area contributed by atoms with Gasteiger partial charge in [0.1, 0.15) is 0 Å². The quantitative estimate of drug-likeness (QED) is 0.795. The van der Waals surface area contributed by atoms with Crippen LogP contribution in [0, 0.1) is 12.8 Å². The van der Waals surface area contributed by atoms with Crippen molar-refractivity contribution in [1.82, 2.24) is 9.38 Å². The van der Waals surface area contributed by atoms with Crippen LogP contribution in [-0.4, -0.2) is 21.0 Å². The lowest BCUT2D eigenvalue weighted by molar-refractivity contribution is 0.275. The van der Waals surface area contributed by atoms with Crippen LogP contribution in [0.4, 0.5) is 5.69 Å². The summed E-state index contributed by atoms with van der Waals surface area (Å²) in [5, 5.41) is 9.71. The molecule has 0 radical (unpaired) electrons. The lowest BCUT2D eigenvalue weighted by Crippen LogP contribution is -2.37. The average molecular weight is 333 g/mol. The molecule has 25 heavy (non-hydrogen) atoms. The SMILES string of the molecule is Cc1nc2c(N3CCc4ccccc4C3C3CC3)cccn2c1CO. The number of aryl methyl sites for hydroxylation is 1. The molecule has 2 aliphatic rings. The van der Waals surface area contributed by atoms with Crippen molar-refractivity contribution in [3.05, 3.63) is 65.1 Å². The molecular formula is C21H23N3O. The van der Waals surface area contributed by atoms with Crippen LogP contribution in [-0.2, 0) is 13.0 Å². The van der Waals surface area contributed by atoms with Crippen molar-refractivity contribution in [3.8, 4) is 0 Å². The smallest absolute Gasteiger partial charge is 0.161 e. The molecule has 1 aliphatic carbocycles. The van der Waals surface area contributed by atoms with Gasteiger partial charge >= 0.3 is 0 Å². The minimum Gasteiger partial charge on any atom is -0.390 e. The van der Waals surface area contributed by atoms with Gasteiger partial charge in [0.2, 0.25) is 0 Å². The molecule has 0 amide bonds. The summed E-state index contributed by atoms with van der Waals surface area (Å²) in [7, 11) is 0. The van der Waals surface area contributed by atoms with Gasteiger partial charge in [0.25, 0.3) is 0 Å². The Hall–Kier alpha value is -2.33. The second-order valence-corrected chi connectivity index (χ2v) is 7.31. The summed E-state index contributed by atoms with van der Waals surface area (Å²) >= 11 is 0. The fourth-order valence-corrected chi connectivity index (χ4v) is 4.42. The first-order valence-corrected chi connectivity index (χ1v) is 9.20. The molecule has 3 aromatic rings. The van der Waals surface area contributed by atoms with E-state index in [0.29, 0.717) is 6.04 Å². The monoisotopic (exact) mass is 333 g/mol. The van der Waals surface area contributed by atoms with Crippen LogP contribution >= 0.6 is 0 Å². The van der Waals surface area contributed by atoms with Gasteiger partial charge < -0.3 is 10.0 Å². The number of aromatic nitrogens is 2. The van der Waals surface area contributed by atoms with Gasteiger partial charge in [-0.2, -0.15) is 0 Å². The molecule has 1 fully saturated rings. The number of imidazole rings is 1. The van der Waals surface area contributed by atoms with Crippen molar-refractivity contribution in [3.63, 3.8) is 0 Å². The molecule has 5 rings (SSSR count). The molecule has 3 heterocycles. The van der Waals surface area contributed by atoms with E-state index in [4.69, 9.17) is 4.98 Å². The van der Waals surface area contributed by atoms with Gasteiger partial charge in [-0.1, -0.05) is 24.3 Å². The lowest BCUT2D eigenvalue weighted by Gasteiger charge is -2.39. The maximum absolute atomic E-state index is 9.71. The van der Waals surface area contributed by atoms with Gasteiger partial charge in [-0.3, -0.25) is 4.40 Å². The molecule has 0 bridgehead atoms. The van der Waals surface area contributed by atoms with Crippen LogP contribution in [0.5, 0.6) is 0 Å². The number of rotatable bonds is 3. The van der Waals surface area contributed by atoms with Gasteiger partial charge in [0.05, 0.1) is 29.7 Å². The van der Waals surface area contributed by atoms with Crippen molar-refractivity contribution in [1.29, 1.82) is 0 Å². The Balaban J connectivity index is 1.67. The molecule has 2 aromatic heterocycles. The van der Waals surface area contributed by atoms with Gasteiger partial charge in [0, 0.05) is 12.7 Å². The molecular weight excluding hydrogens is 310 g/mol. The van der Waals surface area contributed by atoms with E-state index in [1.165, 1.54) is 29.7 Å². The van der Waals surface area contributed by atoms with Gasteiger partial charge in [-0.25, -0.2) is 4.98 Å². The van der Waals surface area contributed by atoms with E-state index in [1.807, 2.05) is 13.1 Å². The summed E-state index contributed by atoms with van der Waals surface area (Å²) in [5.41, 5.74) is 6.94. The van der Waals surface area contributed by atoms with E-state index < -0.39 is 0 Å². The van der Waals surface area contributed by atoms with Crippen LogP contribution < -0.4 is 4.90 Å². The van der Waals surface area contributed by atoms with Gasteiger partial charge in [-0.05, 0) is 55.4 Å². The predicted molar refractivity (Wildman–Crippen MR) is 98.8 cm³/mol. The number of anilines is 1. The Labute approximate surface area is 147 Å². The van der Waals surface area contributed by atoms with Crippen LogP contribution in [0.1, 0.15) is 41.4 Å². The summed E-state index contributed by atoms with van der Waals surface area (Å²) in [6, 6.07) is 13.6. The largest absolute Gasteiger partial charge is 0.390 e. The van der Waals surface area contributed by atoms with Gasteiger partial charge in [-0.15, -0.1) is 0 Å². The number of benzene rings is 1. The first-order chi connectivity index (χ1) is 12.3. The number of pyridine rings is 1. The van der Waals surface area contributed by atoms with Crippen molar-refractivity contribution in [2.45, 2.75) is 38.8 Å². The van der Waals surface area contributed by atoms with Crippen molar-refractivity contribution < 1.29 is 5.11 Å². The standard InChI is InChI=1S/C21H23N3O/c1-14-19(13-25)24-11-4-7-18(21(24)22-14)23-12-10-15-5-2-3-6-17(15)20(23)16-8-9-16/h2-7,11,16,20,25H,8-10,12-13H2,1H3. The molecule has 1 aromatic carbocycles. The molecule has 1 N–H and O–H groups in total. The molecule has 0 saturated heterocycles. The molecule has 1 unspecified atom stereocenters. The molecule has 4 heteroatoms. The third-order valence-electron chi connectivity index (χ3n) is 5.79. The zero-order valence-corrected chi connectivity index (χ0v) is 14.5. The number of hydrogen-bond donors (Lipinski definition) is 1. The van der Waals surface area contributed by atoms with Crippen LogP contribution in [0.25, 0.3) is 5.65 Å². The maximum atomic E-state index is 9.71. The first kappa shape index (κ1) is 15.0. The summed E-state index contributed by atoms with van der Waals surface area (Å²) in [5.74, 6) is 0.745. The molecule has 4 nitrogen and oxygen atoms in total. The summed E-state index contributed by atoms with van der Waals surface area (Å²) < 4.78 is 2.05. The van der Waals surface area contributed by atoms with Gasteiger partial charge in [0.15, 0.2) is 5.65 Å². The molecule has 1 saturated carbocycles. The second-order valence-electron chi connectivity index (χ2n) is 7.31. The average Bonchev–Trinajstić information content (AvgIpc) is 3.42. The fourth-order valence-electron chi connectivity index (χ4n) is 4.42. The number of fused-ring (bicyclic) bond motifs is 2. The van der Waals surface area contributed by atoms with E-state index in [9.17, 15) is 5.11 Å². The Kier molecular flexibility index (Phi) is 3.35. The summed E-state index contributed by atoms with van der Waals surface area (Å²) in [4.78, 5) is 7.35. The highest BCUT2D eigenvalue weighted by atomic mass is 16.3. The first-order valence-electron chi connectivity index (χ1n) is 9.20. The molecule has 1 aliphatic heterocycles. The minimum absolute atomic E-state index is 0.0192. The van der Waals surface area contributed by atoms with E-state index in [0.717, 1.165) is 35.9 Å². The van der Waals surface area contributed by atoms with Crippen LogP contribution in [0.15, 0.2) is 42.6 Å². The highest BCUT2D eigenvalue weighted by Crippen LogP contribution is 2.49. The zero-order chi connectivity index (χ0) is 17.0. The summed E-state index contributed by atoms with van der Waals surface area (Å²) in [6.45, 7) is 3.02. The fraction of sp³-hybridized carbons (Fsp3) is 0.381. The van der Waals surface area contributed by atoms with Crippen molar-refractivity contribution >= 4 is 11.3 Å². The Bertz CT molecular complexity index is 941. The Morgan fingerprint density at radius 3 is 2.80 bits per heavy atom. The van der Waals surface area contributed by atoms with E-state index in [-0.39, 0.29) is 6.61 Å². The topological polar surface area (TPSA) is 40.8 Å². The molecule has 0 spiro atoms. The Morgan fingerprint density at radius 2 is 2.00 bits per heavy atom. The third kappa shape index (κ3) is 2.28. The number of aliphatic hydroxyl groups excluding tert-OH is 1. The maximum Gasteiger partial charge on any atom is 0.161 e. The van der Waals surface area contributed by atoms with Crippen molar-refractivity contribution in [2.75, 3.05) is 11.4 Å². The van der Waals surface area contributed by atoms with E-state index >= 15 is 0 Å². The highest BCUT2D eigenvalue weighted by molar-refractivity contribution is 5.71. The van der Waals surface area contributed by atoms with E-state index in [1.54, 1.807) is 0 Å². The number of aliphatic hydroxyl groups is 1. The normalized spacial score (nSPS) is 20.1. The lowest BCUT2D eigenvalue weighted by atomic mass is 9.89. The number of nitrogens with zero attached hydrogens (tertiary/aromatic N) is 3. The third-order valence-corrected chi connectivity index (χ3v) is 5.79. The molecule has 128 valence electrons. The molecule has 1 atom stereocenters. The predicted octanol–water partition coefficient (Wildman–Crippen LogP) is 3.65. The van der Waals surface area contributed by atoms with Crippen molar-refractivity contribution in [2.24, 2.45) is 5.92 Å². The van der Waals surface area contributed by atoms with Crippen LogP contribution in [0.3, 0.4) is 0 Å². The highest BCUT2D eigenvalue weighted by Gasteiger charge is 2.40. The minimum atomic E-state index is 0.0192. The number of hydrogen-bond acceptors (Lipinski definition) is 3. The Morgan fingerprint density at radius 1 is 1.16 bits per heavy atom. The second kappa shape index (κ2) is 5.60. The zero-order valence-electron chi connectivity index (χ0n) is 14.5. The summed E-state index contributed by atoms with van der Waals surface area (Å²) in [6.07, 6.45) is 5.71. The van der Waals surface area contributed by atoms with E-state index in [2.05, 4.69) is 45.7 Å². The van der Waals surface area contributed by atoms with Crippen LogP contribution in [0.2, 0.25) is 0 Å².